The number of anilines is 1. The van der Waals surface area contributed by atoms with E-state index in [4.69, 9.17) is 4.42 Å². The molecular formula is C15H11N3O5S. The summed E-state index contributed by atoms with van der Waals surface area (Å²) >= 11 is 0. The molecule has 0 fully saturated rings. The number of nitro groups is 1. The Morgan fingerprint density at radius 3 is 2.62 bits per heavy atom. The van der Waals surface area contributed by atoms with Crippen LogP contribution in [-0.4, -0.2) is 18.3 Å². The molecule has 0 atom stereocenters. The van der Waals surface area contributed by atoms with Crippen LogP contribution in [-0.2, 0) is 10.0 Å². The van der Waals surface area contributed by atoms with Gasteiger partial charge in [0.15, 0.2) is 17.0 Å². The predicted octanol–water partition coefficient (Wildman–Crippen LogP) is 3.05. The van der Waals surface area contributed by atoms with Gasteiger partial charge in [-0.3, -0.25) is 14.8 Å². The molecule has 0 spiro atoms. The van der Waals surface area contributed by atoms with E-state index in [-0.39, 0.29) is 5.69 Å². The lowest BCUT2D eigenvalue weighted by atomic mass is 10.2. The summed E-state index contributed by atoms with van der Waals surface area (Å²) in [4.78, 5) is 13.7. The van der Waals surface area contributed by atoms with E-state index in [1.54, 1.807) is 18.2 Å². The molecule has 3 rings (SSSR count). The van der Waals surface area contributed by atoms with Gasteiger partial charge in [-0.1, -0.05) is 24.3 Å². The van der Waals surface area contributed by atoms with Gasteiger partial charge in [-0.05, 0) is 18.2 Å². The fourth-order valence-electron chi connectivity index (χ4n) is 2.14. The van der Waals surface area contributed by atoms with Crippen molar-refractivity contribution in [1.82, 2.24) is 4.98 Å². The molecule has 0 saturated heterocycles. The van der Waals surface area contributed by atoms with Crippen LogP contribution in [0.4, 0.5) is 11.4 Å². The molecule has 1 aromatic heterocycles. The third-order valence-corrected chi connectivity index (χ3v) is 4.61. The first-order valence-electron chi connectivity index (χ1n) is 6.72. The van der Waals surface area contributed by atoms with E-state index in [2.05, 4.69) is 9.71 Å². The zero-order valence-electron chi connectivity index (χ0n) is 12.1. The quantitative estimate of drug-likeness (QED) is 0.561. The van der Waals surface area contributed by atoms with Crippen LogP contribution < -0.4 is 4.72 Å². The van der Waals surface area contributed by atoms with Crippen LogP contribution in [0, 0.1) is 10.1 Å². The molecule has 3 aromatic rings. The first-order valence-corrected chi connectivity index (χ1v) is 8.21. The lowest BCUT2D eigenvalue weighted by molar-refractivity contribution is -0.387. The highest BCUT2D eigenvalue weighted by atomic mass is 32.2. The number of nitrogens with one attached hydrogen (secondary N) is 1. The van der Waals surface area contributed by atoms with Crippen LogP contribution in [0.3, 0.4) is 0 Å². The van der Waals surface area contributed by atoms with Crippen molar-refractivity contribution in [3.8, 4) is 11.3 Å². The van der Waals surface area contributed by atoms with Crippen LogP contribution in [0.5, 0.6) is 0 Å². The smallest absolute Gasteiger partial charge is 0.289 e. The summed E-state index contributed by atoms with van der Waals surface area (Å²) in [6, 6.07) is 11.6. The highest BCUT2D eigenvalue weighted by Gasteiger charge is 2.25. The second kappa shape index (κ2) is 6.13. The number of aromatic nitrogens is 1. The largest absolute Gasteiger partial charge is 0.444 e. The summed E-state index contributed by atoms with van der Waals surface area (Å²) in [5.41, 5.74) is 0.383. The van der Waals surface area contributed by atoms with E-state index >= 15 is 0 Å². The highest BCUT2D eigenvalue weighted by molar-refractivity contribution is 7.92. The molecule has 0 radical (unpaired) electrons. The number of hydrogen-bond donors (Lipinski definition) is 1. The highest BCUT2D eigenvalue weighted by Crippen LogP contribution is 2.27. The van der Waals surface area contributed by atoms with Gasteiger partial charge in [0.1, 0.15) is 0 Å². The Morgan fingerprint density at radius 1 is 1.12 bits per heavy atom. The lowest BCUT2D eigenvalue weighted by Gasteiger charge is -2.09. The number of oxazole rings is 1. The molecule has 0 amide bonds. The first-order chi connectivity index (χ1) is 11.5. The van der Waals surface area contributed by atoms with Crippen molar-refractivity contribution in [3.05, 3.63) is 71.2 Å². The number of nitrogens with zero attached hydrogens (tertiary/aromatic N) is 2. The van der Waals surface area contributed by atoms with Crippen LogP contribution in [0.15, 0.2) is 70.4 Å². The van der Waals surface area contributed by atoms with Crippen molar-refractivity contribution in [2.45, 2.75) is 4.90 Å². The minimum Gasteiger partial charge on any atom is -0.444 e. The molecule has 122 valence electrons. The Balaban J connectivity index is 1.96. The maximum Gasteiger partial charge on any atom is 0.289 e. The molecular weight excluding hydrogens is 334 g/mol. The Morgan fingerprint density at radius 2 is 1.92 bits per heavy atom. The van der Waals surface area contributed by atoms with Gasteiger partial charge in [-0.2, -0.15) is 0 Å². The monoisotopic (exact) mass is 345 g/mol. The second-order valence-electron chi connectivity index (χ2n) is 4.78. The molecule has 9 heteroatoms. The Labute approximate surface area is 137 Å². The number of para-hydroxylation sites is 1. The molecule has 0 unspecified atom stereocenters. The number of rotatable bonds is 5. The van der Waals surface area contributed by atoms with Crippen LogP contribution in [0.2, 0.25) is 0 Å². The second-order valence-corrected chi connectivity index (χ2v) is 6.43. The molecule has 0 bridgehead atoms. The van der Waals surface area contributed by atoms with Crippen molar-refractivity contribution in [3.63, 3.8) is 0 Å². The fraction of sp³-hybridized carbons (Fsp3) is 0. The van der Waals surface area contributed by atoms with Gasteiger partial charge in [0.2, 0.25) is 0 Å². The third kappa shape index (κ3) is 3.10. The summed E-state index contributed by atoms with van der Waals surface area (Å²) in [7, 11) is -4.11. The zero-order chi connectivity index (χ0) is 17.2. The number of sulfonamides is 1. The minimum atomic E-state index is -4.11. The molecule has 24 heavy (non-hydrogen) atoms. The Hall–Kier alpha value is -3.20. The van der Waals surface area contributed by atoms with Gasteiger partial charge in [0.05, 0.1) is 11.1 Å². The van der Waals surface area contributed by atoms with Gasteiger partial charge in [-0.25, -0.2) is 13.4 Å². The van der Waals surface area contributed by atoms with Crippen molar-refractivity contribution >= 4 is 21.4 Å². The lowest BCUT2D eigenvalue weighted by Crippen LogP contribution is -2.14. The molecule has 2 aromatic carbocycles. The van der Waals surface area contributed by atoms with E-state index in [0.29, 0.717) is 11.3 Å². The molecule has 8 nitrogen and oxygen atoms in total. The van der Waals surface area contributed by atoms with Crippen LogP contribution in [0.1, 0.15) is 0 Å². The maximum atomic E-state index is 12.5. The topological polar surface area (TPSA) is 115 Å². The molecule has 0 aliphatic rings. The van der Waals surface area contributed by atoms with Crippen molar-refractivity contribution in [1.29, 1.82) is 0 Å². The minimum absolute atomic E-state index is 0.252. The Bertz CT molecular complexity index is 984. The standard InChI is InChI=1S/C15H11N3O5S/c19-18(20)13-6-1-2-7-15(13)24(21,22)17-12-5-3-4-11(8-12)14-9-16-10-23-14/h1-10,17H. The first kappa shape index (κ1) is 15.7. The average molecular weight is 345 g/mol. The SMILES string of the molecule is O=[N+]([O-])c1ccccc1S(=O)(=O)Nc1cccc(-c2cnco2)c1. The molecule has 0 aliphatic heterocycles. The van der Waals surface area contributed by atoms with E-state index in [1.165, 1.54) is 36.9 Å². The molecule has 1 heterocycles. The summed E-state index contributed by atoms with van der Waals surface area (Å²) < 4.78 is 32.4. The van der Waals surface area contributed by atoms with Gasteiger partial charge in [0.25, 0.3) is 15.7 Å². The van der Waals surface area contributed by atoms with E-state index in [9.17, 15) is 18.5 Å². The van der Waals surface area contributed by atoms with Crippen LogP contribution >= 0.6 is 0 Å². The maximum absolute atomic E-state index is 12.5. The third-order valence-electron chi connectivity index (χ3n) is 3.18. The average Bonchev–Trinajstić information content (AvgIpc) is 3.09. The van der Waals surface area contributed by atoms with E-state index in [1.807, 2.05) is 0 Å². The van der Waals surface area contributed by atoms with Crippen molar-refractivity contribution in [2.75, 3.05) is 4.72 Å². The van der Waals surface area contributed by atoms with Crippen molar-refractivity contribution in [2.24, 2.45) is 0 Å². The normalized spacial score (nSPS) is 11.2. The van der Waals surface area contributed by atoms with E-state index in [0.717, 1.165) is 6.07 Å². The van der Waals surface area contributed by atoms with Gasteiger partial charge in [-0.15, -0.1) is 0 Å². The summed E-state index contributed by atoms with van der Waals surface area (Å²) in [6.07, 6.45) is 2.76. The summed E-state index contributed by atoms with van der Waals surface area (Å²) in [5.74, 6) is 0.474. The summed E-state index contributed by atoms with van der Waals surface area (Å²) in [6.45, 7) is 0. The predicted molar refractivity (Wildman–Crippen MR) is 85.8 cm³/mol. The molecule has 1 N–H and O–H groups in total. The fourth-order valence-corrected chi connectivity index (χ4v) is 3.36. The summed E-state index contributed by atoms with van der Waals surface area (Å²) in [5, 5.41) is 11.0. The van der Waals surface area contributed by atoms with Crippen molar-refractivity contribution < 1.29 is 17.8 Å². The van der Waals surface area contributed by atoms with E-state index < -0.39 is 25.5 Å². The number of benzene rings is 2. The zero-order valence-corrected chi connectivity index (χ0v) is 12.9. The molecule has 0 saturated carbocycles. The Kier molecular flexibility index (Phi) is 4.00. The molecule has 0 aliphatic carbocycles. The van der Waals surface area contributed by atoms with Crippen LogP contribution in [0.25, 0.3) is 11.3 Å². The number of nitro benzene ring substituents is 1. The van der Waals surface area contributed by atoms with Gasteiger partial charge in [0, 0.05) is 17.3 Å². The van der Waals surface area contributed by atoms with Gasteiger partial charge >= 0.3 is 0 Å². The number of hydrogen-bond acceptors (Lipinski definition) is 6. The van der Waals surface area contributed by atoms with Gasteiger partial charge < -0.3 is 4.42 Å².